The number of aryl methyl sites for hydroxylation is 1. The van der Waals surface area contributed by atoms with Crippen molar-refractivity contribution in [2.45, 2.75) is 19.8 Å². The lowest BCUT2D eigenvalue weighted by molar-refractivity contribution is 0.136. The summed E-state index contributed by atoms with van der Waals surface area (Å²) in [5.41, 5.74) is 1.89. The molecule has 0 unspecified atom stereocenters. The van der Waals surface area contributed by atoms with E-state index in [1.165, 1.54) is 11.3 Å². The lowest BCUT2D eigenvalue weighted by Crippen LogP contribution is -2.43. The molecule has 0 radical (unpaired) electrons. The predicted octanol–water partition coefficient (Wildman–Crippen LogP) is 3.35. The number of thiazole rings is 1. The normalized spacial score (nSPS) is 18.0. The molecule has 6 heteroatoms. The highest BCUT2D eigenvalue weighted by atomic mass is 32.1. The first kappa shape index (κ1) is 16.0. The third-order valence-corrected chi connectivity index (χ3v) is 5.22. The molecule has 1 fully saturated rings. The summed E-state index contributed by atoms with van der Waals surface area (Å²) in [5.74, 6) is 0.192. The Kier molecular flexibility index (Phi) is 4.93. The van der Waals surface area contributed by atoms with Crippen molar-refractivity contribution in [1.82, 2.24) is 9.88 Å². The minimum atomic E-state index is -0.102. The second-order valence-corrected chi connectivity index (χ2v) is 6.87. The van der Waals surface area contributed by atoms with Crippen molar-refractivity contribution in [3.63, 3.8) is 0 Å². The highest BCUT2D eigenvalue weighted by Crippen LogP contribution is 2.32. The van der Waals surface area contributed by atoms with Gasteiger partial charge in [0.25, 0.3) is 0 Å². The summed E-state index contributed by atoms with van der Waals surface area (Å²) in [6, 6.07) is 9.86. The van der Waals surface area contributed by atoms with Crippen LogP contribution >= 0.6 is 11.3 Å². The van der Waals surface area contributed by atoms with E-state index in [4.69, 9.17) is 0 Å². The van der Waals surface area contributed by atoms with E-state index in [0.717, 1.165) is 40.7 Å². The van der Waals surface area contributed by atoms with Crippen molar-refractivity contribution in [3.8, 4) is 10.6 Å². The fraction of sp³-hybridized carbons (Fsp3) is 0.412. The highest BCUT2D eigenvalue weighted by molar-refractivity contribution is 7.19. The Balaban J connectivity index is 1.70. The Morgan fingerprint density at radius 3 is 2.96 bits per heavy atom. The van der Waals surface area contributed by atoms with E-state index >= 15 is 0 Å². The number of likely N-dealkylation sites (tertiary alicyclic amines) is 1. The molecule has 3 rings (SSSR count). The topological polar surface area (TPSA) is 65.5 Å². The molecule has 1 aromatic carbocycles. The third-order valence-electron chi connectivity index (χ3n) is 4.10. The average Bonchev–Trinajstić information content (AvgIpc) is 2.96. The Labute approximate surface area is 140 Å². The largest absolute Gasteiger partial charge is 0.396 e. The zero-order chi connectivity index (χ0) is 16.2. The molecular weight excluding hydrogens is 310 g/mol. The summed E-state index contributed by atoms with van der Waals surface area (Å²) in [5, 5.41) is 14.0. The molecule has 5 nitrogen and oxygen atoms in total. The van der Waals surface area contributed by atoms with Crippen molar-refractivity contribution in [3.05, 3.63) is 36.0 Å². The van der Waals surface area contributed by atoms with Crippen molar-refractivity contribution < 1.29 is 9.90 Å². The zero-order valence-electron chi connectivity index (χ0n) is 13.2. The number of aliphatic hydroxyl groups excluding tert-OH is 1. The van der Waals surface area contributed by atoms with Crippen LogP contribution in [0.5, 0.6) is 0 Å². The molecule has 2 amide bonds. The molecule has 1 aromatic heterocycles. The summed E-state index contributed by atoms with van der Waals surface area (Å²) in [7, 11) is 0. The number of hydrogen-bond acceptors (Lipinski definition) is 4. The van der Waals surface area contributed by atoms with Gasteiger partial charge in [-0.25, -0.2) is 9.78 Å². The lowest BCUT2D eigenvalue weighted by atomic mass is 9.99. The number of carbonyl (C=O) groups excluding carboxylic acids is 1. The van der Waals surface area contributed by atoms with Gasteiger partial charge in [-0.05, 0) is 25.7 Å². The number of carbonyl (C=O) groups is 1. The molecule has 122 valence electrons. The summed E-state index contributed by atoms with van der Waals surface area (Å²) in [4.78, 5) is 18.8. The van der Waals surface area contributed by atoms with Crippen LogP contribution in [0.4, 0.5) is 9.80 Å². The van der Waals surface area contributed by atoms with Gasteiger partial charge in [-0.1, -0.05) is 41.7 Å². The van der Waals surface area contributed by atoms with Crippen molar-refractivity contribution in [2.24, 2.45) is 5.92 Å². The number of nitrogens with one attached hydrogen (secondary N) is 1. The van der Waals surface area contributed by atoms with Gasteiger partial charge in [0, 0.05) is 25.3 Å². The highest BCUT2D eigenvalue weighted by Gasteiger charge is 2.24. The van der Waals surface area contributed by atoms with Gasteiger partial charge in [0.1, 0.15) is 10.0 Å². The SMILES string of the molecule is Cc1nc(-c2ccccc2)sc1NC(=O)N1CCC[C@H](CO)C1. The van der Waals surface area contributed by atoms with E-state index in [-0.39, 0.29) is 18.6 Å². The second-order valence-electron chi connectivity index (χ2n) is 5.87. The lowest BCUT2D eigenvalue weighted by Gasteiger charge is -2.31. The smallest absolute Gasteiger partial charge is 0.322 e. The molecule has 0 saturated carbocycles. The van der Waals surface area contributed by atoms with Crippen LogP contribution in [-0.2, 0) is 0 Å². The maximum absolute atomic E-state index is 12.4. The molecule has 0 aliphatic carbocycles. The van der Waals surface area contributed by atoms with Crippen molar-refractivity contribution in [2.75, 3.05) is 25.0 Å². The number of nitrogens with zero attached hydrogens (tertiary/aromatic N) is 2. The van der Waals surface area contributed by atoms with Gasteiger partial charge in [0.05, 0.1) is 5.69 Å². The maximum Gasteiger partial charge on any atom is 0.322 e. The number of aromatic nitrogens is 1. The zero-order valence-corrected chi connectivity index (χ0v) is 14.0. The number of rotatable bonds is 3. The number of amides is 2. The van der Waals surface area contributed by atoms with Crippen molar-refractivity contribution in [1.29, 1.82) is 0 Å². The van der Waals surface area contributed by atoms with Gasteiger partial charge in [-0.3, -0.25) is 5.32 Å². The number of piperidine rings is 1. The molecule has 1 aliphatic heterocycles. The summed E-state index contributed by atoms with van der Waals surface area (Å²) >= 11 is 1.49. The standard InChI is InChI=1S/C17H21N3O2S/c1-12-15(23-16(18-12)14-7-3-2-4-8-14)19-17(22)20-9-5-6-13(10-20)11-21/h2-4,7-8,13,21H,5-6,9-11H2,1H3,(H,19,22)/t13-/m0/s1. The molecule has 1 saturated heterocycles. The maximum atomic E-state index is 12.4. The molecule has 0 spiro atoms. The fourth-order valence-electron chi connectivity index (χ4n) is 2.79. The monoisotopic (exact) mass is 331 g/mol. The minimum Gasteiger partial charge on any atom is -0.396 e. The van der Waals surface area contributed by atoms with Gasteiger partial charge >= 0.3 is 6.03 Å². The van der Waals surface area contributed by atoms with Crippen LogP contribution in [0.3, 0.4) is 0 Å². The number of urea groups is 1. The van der Waals surface area contributed by atoms with E-state index in [0.29, 0.717) is 6.54 Å². The van der Waals surface area contributed by atoms with Crippen LogP contribution in [-0.4, -0.2) is 40.7 Å². The minimum absolute atomic E-state index is 0.102. The van der Waals surface area contributed by atoms with E-state index in [9.17, 15) is 9.90 Å². The van der Waals surface area contributed by atoms with Crippen LogP contribution in [0.15, 0.2) is 30.3 Å². The summed E-state index contributed by atoms with van der Waals surface area (Å²) in [6.07, 6.45) is 1.92. The summed E-state index contributed by atoms with van der Waals surface area (Å²) < 4.78 is 0. The van der Waals surface area contributed by atoms with Crippen LogP contribution in [0, 0.1) is 12.8 Å². The van der Waals surface area contributed by atoms with Gasteiger partial charge in [-0.2, -0.15) is 0 Å². The van der Waals surface area contributed by atoms with E-state index < -0.39 is 0 Å². The predicted molar refractivity (Wildman–Crippen MR) is 92.7 cm³/mol. The molecule has 1 aliphatic rings. The molecule has 2 heterocycles. The molecule has 0 bridgehead atoms. The quantitative estimate of drug-likeness (QED) is 0.906. The van der Waals surface area contributed by atoms with Crippen LogP contribution < -0.4 is 5.32 Å². The van der Waals surface area contributed by atoms with Gasteiger partial charge in [0.2, 0.25) is 0 Å². The second kappa shape index (κ2) is 7.10. The Morgan fingerprint density at radius 1 is 1.43 bits per heavy atom. The molecular formula is C17H21N3O2S. The first-order valence-electron chi connectivity index (χ1n) is 7.87. The van der Waals surface area contributed by atoms with E-state index in [2.05, 4.69) is 10.3 Å². The van der Waals surface area contributed by atoms with Gasteiger partial charge in [0.15, 0.2) is 0 Å². The molecule has 1 atom stereocenters. The first-order chi connectivity index (χ1) is 11.2. The number of hydrogen-bond donors (Lipinski definition) is 2. The van der Waals surface area contributed by atoms with E-state index in [1.54, 1.807) is 4.90 Å². The molecule has 2 N–H and O–H groups in total. The Hall–Kier alpha value is -1.92. The number of aliphatic hydroxyl groups is 1. The van der Waals surface area contributed by atoms with Crippen LogP contribution in [0.1, 0.15) is 18.5 Å². The Morgan fingerprint density at radius 2 is 2.22 bits per heavy atom. The van der Waals surface area contributed by atoms with Crippen LogP contribution in [0.25, 0.3) is 10.6 Å². The van der Waals surface area contributed by atoms with Gasteiger partial charge < -0.3 is 10.0 Å². The third kappa shape index (κ3) is 3.71. The van der Waals surface area contributed by atoms with E-state index in [1.807, 2.05) is 37.3 Å². The average molecular weight is 331 g/mol. The molecule has 2 aromatic rings. The Bertz CT molecular complexity index is 672. The molecule has 23 heavy (non-hydrogen) atoms. The number of benzene rings is 1. The van der Waals surface area contributed by atoms with Gasteiger partial charge in [-0.15, -0.1) is 0 Å². The fourth-order valence-corrected chi connectivity index (χ4v) is 3.75. The van der Waals surface area contributed by atoms with Crippen LogP contribution in [0.2, 0.25) is 0 Å². The van der Waals surface area contributed by atoms with Crippen molar-refractivity contribution >= 4 is 22.4 Å². The first-order valence-corrected chi connectivity index (χ1v) is 8.68. The summed E-state index contributed by atoms with van der Waals surface area (Å²) in [6.45, 7) is 3.41. The number of anilines is 1.